The van der Waals surface area contributed by atoms with Gasteiger partial charge in [-0.15, -0.1) is 0 Å². The van der Waals surface area contributed by atoms with E-state index in [-0.39, 0.29) is 0 Å². The fourth-order valence-corrected chi connectivity index (χ4v) is 3.38. The molecular formula is C23H18N6. The second-order valence-corrected chi connectivity index (χ2v) is 7.01. The molecule has 0 bridgehead atoms. The Morgan fingerprint density at radius 3 is 2.34 bits per heavy atom. The van der Waals surface area contributed by atoms with Gasteiger partial charge >= 0.3 is 0 Å². The summed E-state index contributed by atoms with van der Waals surface area (Å²) in [6.07, 6.45) is 1.65. The molecule has 0 N–H and O–H groups in total. The number of fused-ring (bicyclic) bond motifs is 3. The van der Waals surface area contributed by atoms with Crippen molar-refractivity contribution in [2.45, 2.75) is 6.92 Å². The molecule has 0 saturated heterocycles. The van der Waals surface area contributed by atoms with E-state index in [4.69, 9.17) is 4.98 Å². The van der Waals surface area contributed by atoms with Crippen LogP contribution < -0.4 is 0 Å². The molecule has 0 aliphatic rings. The summed E-state index contributed by atoms with van der Waals surface area (Å²) < 4.78 is 1.80. The van der Waals surface area contributed by atoms with Crippen LogP contribution >= 0.6 is 0 Å². The second-order valence-electron chi connectivity index (χ2n) is 7.01. The second kappa shape index (κ2) is 7.10. The Balaban J connectivity index is 2.24. The van der Waals surface area contributed by atoms with E-state index in [0.717, 1.165) is 22.2 Å². The molecule has 29 heavy (non-hydrogen) atoms. The number of aliphatic imine (C=N–C) groups is 1. The van der Waals surface area contributed by atoms with Crippen LogP contribution in [-0.4, -0.2) is 34.7 Å². The number of imidazole rings is 1. The molecule has 0 radical (unpaired) electrons. The highest BCUT2D eigenvalue weighted by Crippen LogP contribution is 2.38. The minimum Gasteiger partial charge on any atom is -0.369 e. The van der Waals surface area contributed by atoms with Crippen LogP contribution in [0.4, 0.5) is 5.82 Å². The summed E-state index contributed by atoms with van der Waals surface area (Å²) in [6, 6.07) is 20.0. The number of nitriles is 2. The van der Waals surface area contributed by atoms with Gasteiger partial charge in [0.15, 0.2) is 11.5 Å². The number of hydrogen-bond donors (Lipinski definition) is 0. The highest BCUT2D eigenvalue weighted by Gasteiger charge is 2.23. The summed E-state index contributed by atoms with van der Waals surface area (Å²) in [5.41, 5.74) is 5.21. The largest absolute Gasteiger partial charge is 0.369 e. The lowest BCUT2D eigenvalue weighted by atomic mass is 9.95. The number of hydrogen-bond acceptors (Lipinski definition) is 4. The molecule has 2 aromatic carbocycles. The van der Waals surface area contributed by atoms with E-state index in [1.165, 1.54) is 0 Å². The van der Waals surface area contributed by atoms with Crippen LogP contribution in [0.2, 0.25) is 0 Å². The smallest absolute Gasteiger partial charge is 0.159 e. The van der Waals surface area contributed by atoms with Gasteiger partial charge in [-0.05, 0) is 24.6 Å². The van der Waals surface area contributed by atoms with E-state index in [1.54, 1.807) is 15.6 Å². The lowest BCUT2D eigenvalue weighted by Crippen LogP contribution is -2.08. The molecule has 0 fully saturated rings. The van der Waals surface area contributed by atoms with Gasteiger partial charge < -0.3 is 4.90 Å². The van der Waals surface area contributed by atoms with Gasteiger partial charge in [0.05, 0.1) is 17.4 Å². The zero-order valence-corrected chi connectivity index (χ0v) is 16.4. The number of para-hydroxylation sites is 2. The summed E-state index contributed by atoms with van der Waals surface area (Å²) >= 11 is 0. The van der Waals surface area contributed by atoms with E-state index < -0.39 is 0 Å². The number of aryl methyl sites for hydroxylation is 1. The van der Waals surface area contributed by atoms with E-state index in [9.17, 15) is 10.5 Å². The van der Waals surface area contributed by atoms with Gasteiger partial charge in [0.25, 0.3) is 0 Å². The summed E-state index contributed by atoms with van der Waals surface area (Å²) in [5.74, 6) is 0.458. The van der Waals surface area contributed by atoms with Crippen LogP contribution in [0.3, 0.4) is 0 Å². The third kappa shape index (κ3) is 2.97. The molecule has 140 valence electrons. The standard InChI is InChI=1S/C23H18N6/c1-15-8-10-16(11-9-15)21-17(12-24)22(26-14-28(2)3)29-20-7-5-4-6-19(20)27-23(29)18(21)13-25/h4-11,14H,1-3H3/b26-14+. The maximum Gasteiger partial charge on any atom is 0.159 e. The van der Waals surface area contributed by atoms with Crippen molar-refractivity contribution in [2.24, 2.45) is 4.99 Å². The molecular weight excluding hydrogens is 360 g/mol. The monoisotopic (exact) mass is 378 g/mol. The Kier molecular flexibility index (Phi) is 4.46. The molecule has 0 saturated carbocycles. The minimum atomic E-state index is 0.346. The van der Waals surface area contributed by atoms with Crippen molar-refractivity contribution in [1.82, 2.24) is 14.3 Å². The summed E-state index contributed by atoms with van der Waals surface area (Å²) in [6.45, 7) is 2.00. The van der Waals surface area contributed by atoms with Crippen molar-refractivity contribution >= 4 is 28.8 Å². The first kappa shape index (κ1) is 18.2. The van der Waals surface area contributed by atoms with Crippen LogP contribution in [0.15, 0.2) is 53.5 Å². The molecule has 0 atom stereocenters. The Hall–Kier alpha value is -4.16. The number of rotatable bonds is 3. The van der Waals surface area contributed by atoms with Gasteiger partial charge in [-0.3, -0.25) is 4.40 Å². The average Bonchev–Trinajstić information content (AvgIpc) is 3.11. The molecule has 0 unspecified atom stereocenters. The highest BCUT2D eigenvalue weighted by molar-refractivity contribution is 5.93. The fraction of sp³-hybridized carbons (Fsp3) is 0.130. The van der Waals surface area contributed by atoms with Crippen molar-refractivity contribution in [3.63, 3.8) is 0 Å². The third-order valence-corrected chi connectivity index (χ3v) is 4.69. The zero-order chi connectivity index (χ0) is 20.5. The number of benzene rings is 2. The molecule has 4 rings (SSSR count). The van der Waals surface area contributed by atoms with Crippen molar-refractivity contribution in [1.29, 1.82) is 10.5 Å². The van der Waals surface area contributed by atoms with Crippen LogP contribution in [0.1, 0.15) is 16.7 Å². The van der Waals surface area contributed by atoms with E-state index in [1.807, 2.05) is 69.6 Å². The Morgan fingerprint density at radius 1 is 1.00 bits per heavy atom. The molecule has 0 amide bonds. The normalized spacial score (nSPS) is 11.1. The van der Waals surface area contributed by atoms with Crippen LogP contribution in [0.5, 0.6) is 0 Å². The van der Waals surface area contributed by atoms with Crippen molar-refractivity contribution in [3.8, 4) is 23.3 Å². The van der Waals surface area contributed by atoms with Gasteiger partial charge in [-0.1, -0.05) is 42.0 Å². The van der Waals surface area contributed by atoms with Crippen molar-refractivity contribution in [2.75, 3.05) is 14.1 Å². The molecule has 4 aromatic rings. The SMILES string of the molecule is Cc1ccc(-c2c(C#N)c(/N=C/N(C)C)n3c(nc4ccccc43)c2C#N)cc1. The first-order valence-corrected chi connectivity index (χ1v) is 9.10. The maximum absolute atomic E-state index is 10.1. The number of pyridine rings is 1. The fourth-order valence-electron chi connectivity index (χ4n) is 3.38. The lowest BCUT2D eigenvalue weighted by Gasteiger charge is -2.14. The predicted molar refractivity (Wildman–Crippen MR) is 114 cm³/mol. The van der Waals surface area contributed by atoms with Gasteiger partial charge in [0.1, 0.15) is 23.3 Å². The average molecular weight is 378 g/mol. The first-order chi connectivity index (χ1) is 14.0. The van der Waals surface area contributed by atoms with Crippen LogP contribution in [-0.2, 0) is 0 Å². The third-order valence-electron chi connectivity index (χ3n) is 4.69. The Bertz CT molecular complexity index is 1350. The molecule has 0 spiro atoms. The maximum atomic E-state index is 10.1. The van der Waals surface area contributed by atoms with E-state index in [0.29, 0.717) is 28.2 Å². The first-order valence-electron chi connectivity index (χ1n) is 9.10. The summed E-state index contributed by atoms with van der Waals surface area (Å²) in [5, 5.41) is 20.1. The van der Waals surface area contributed by atoms with Gasteiger partial charge in [-0.25, -0.2) is 9.98 Å². The molecule has 0 aliphatic heterocycles. The Morgan fingerprint density at radius 2 is 1.69 bits per heavy atom. The minimum absolute atomic E-state index is 0.346. The number of aromatic nitrogens is 2. The molecule has 2 heterocycles. The van der Waals surface area contributed by atoms with Crippen molar-refractivity contribution in [3.05, 3.63) is 65.2 Å². The highest BCUT2D eigenvalue weighted by atomic mass is 15.1. The number of nitrogens with zero attached hydrogens (tertiary/aromatic N) is 6. The van der Waals surface area contributed by atoms with Crippen LogP contribution in [0, 0.1) is 29.6 Å². The van der Waals surface area contributed by atoms with E-state index in [2.05, 4.69) is 17.1 Å². The lowest BCUT2D eigenvalue weighted by molar-refractivity contribution is 0.643. The Labute approximate surface area is 168 Å². The molecule has 6 nitrogen and oxygen atoms in total. The molecule has 2 aromatic heterocycles. The van der Waals surface area contributed by atoms with Crippen molar-refractivity contribution < 1.29 is 0 Å². The summed E-state index contributed by atoms with van der Waals surface area (Å²) in [7, 11) is 3.73. The van der Waals surface area contributed by atoms with Gasteiger partial charge in [0.2, 0.25) is 0 Å². The van der Waals surface area contributed by atoms with Gasteiger partial charge in [-0.2, -0.15) is 10.5 Å². The van der Waals surface area contributed by atoms with Gasteiger partial charge in [0, 0.05) is 19.7 Å². The van der Waals surface area contributed by atoms with Crippen LogP contribution in [0.25, 0.3) is 27.8 Å². The topological polar surface area (TPSA) is 80.5 Å². The molecule has 6 heteroatoms. The quantitative estimate of drug-likeness (QED) is 0.390. The predicted octanol–water partition coefficient (Wildman–Crippen LogP) is 4.43. The summed E-state index contributed by atoms with van der Waals surface area (Å²) in [4.78, 5) is 11.1. The van der Waals surface area contributed by atoms with E-state index >= 15 is 0 Å². The zero-order valence-electron chi connectivity index (χ0n) is 16.4. The molecule has 0 aliphatic carbocycles.